The van der Waals surface area contributed by atoms with Crippen LogP contribution in [0.15, 0.2) is 30.3 Å². The molecular weight excluding hydrogens is 248 g/mol. The maximum Gasteiger partial charge on any atom is 0.239 e. The summed E-state index contributed by atoms with van der Waals surface area (Å²) in [6.07, 6.45) is 4.52. The number of nitrogens with zero attached hydrogens (tertiary/aromatic N) is 1. The number of carbonyl (C=O) groups excluding carboxylic acids is 1. The van der Waals surface area contributed by atoms with E-state index >= 15 is 0 Å². The van der Waals surface area contributed by atoms with Gasteiger partial charge >= 0.3 is 0 Å². The van der Waals surface area contributed by atoms with Gasteiger partial charge in [0.2, 0.25) is 5.91 Å². The fourth-order valence-electron chi connectivity index (χ4n) is 2.91. The van der Waals surface area contributed by atoms with Crippen LogP contribution in [0.1, 0.15) is 38.7 Å². The second kappa shape index (κ2) is 7.44. The van der Waals surface area contributed by atoms with Gasteiger partial charge in [-0.15, -0.1) is 0 Å². The smallest absolute Gasteiger partial charge is 0.239 e. The Bertz CT molecular complexity index is 412. The van der Waals surface area contributed by atoms with Crippen LogP contribution >= 0.6 is 0 Å². The maximum atomic E-state index is 12.3. The number of benzene rings is 1. The van der Waals surface area contributed by atoms with Crippen molar-refractivity contribution in [3.63, 3.8) is 0 Å². The van der Waals surface area contributed by atoms with Crippen LogP contribution in [-0.2, 0) is 11.2 Å². The van der Waals surface area contributed by atoms with Gasteiger partial charge in [0.15, 0.2) is 0 Å². The van der Waals surface area contributed by atoms with Crippen LogP contribution < -0.4 is 5.32 Å². The molecule has 2 rings (SSSR count). The fraction of sp³-hybridized carbons (Fsp3) is 0.588. The Labute approximate surface area is 122 Å². The predicted octanol–water partition coefficient (Wildman–Crippen LogP) is 2.61. The van der Waals surface area contributed by atoms with E-state index in [1.54, 1.807) is 0 Å². The van der Waals surface area contributed by atoms with Crippen LogP contribution in [0.2, 0.25) is 0 Å². The van der Waals surface area contributed by atoms with Crippen LogP contribution in [0.5, 0.6) is 0 Å². The molecule has 3 heteroatoms. The van der Waals surface area contributed by atoms with E-state index in [2.05, 4.69) is 36.5 Å². The molecule has 20 heavy (non-hydrogen) atoms. The minimum atomic E-state index is -0.0909. The van der Waals surface area contributed by atoms with Crippen molar-refractivity contribution < 1.29 is 4.79 Å². The number of nitrogens with one attached hydrogen (secondary N) is 1. The van der Waals surface area contributed by atoms with Crippen molar-refractivity contribution in [2.45, 2.75) is 51.6 Å². The highest BCUT2D eigenvalue weighted by atomic mass is 16.2. The molecular formula is C17H26N2O. The first-order valence-electron chi connectivity index (χ1n) is 7.75. The number of amides is 1. The van der Waals surface area contributed by atoms with Crippen molar-refractivity contribution >= 4 is 5.91 Å². The molecule has 1 aromatic rings. The Kier molecular flexibility index (Phi) is 5.60. The van der Waals surface area contributed by atoms with E-state index in [4.69, 9.17) is 0 Å². The highest BCUT2D eigenvalue weighted by Gasteiger charge is 2.22. The van der Waals surface area contributed by atoms with E-state index in [9.17, 15) is 4.79 Å². The van der Waals surface area contributed by atoms with E-state index in [-0.39, 0.29) is 11.9 Å². The fourth-order valence-corrected chi connectivity index (χ4v) is 2.91. The number of hydrogen-bond donors (Lipinski definition) is 1. The maximum absolute atomic E-state index is 12.3. The molecule has 3 nitrogen and oxygen atoms in total. The molecule has 110 valence electrons. The molecule has 1 saturated heterocycles. The highest BCUT2D eigenvalue weighted by Crippen LogP contribution is 2.10. The van der Waals surface area contributed by atoms with E-state index in [1.807, 2.05) is 17.9 Å². The largest absolute Gasteiger partial charge is 0.341 e. The summed E-state index contributed by atoms with van der Waals surface area (Å²) in [7, 11) is 0. The van der Waals surface area contributed by atoms with Gasteiger partial charge in [0.05, 0.1) is 6.04 Å². The first-order chi connectivity index (χ1) is 9.66. The van der Waals surface area contributed by atoms with Crippen molar-refractivity contribution in [1.29, 1.82) is 0 Å². The van der Waals surface area contributed by atoms with Gasteiger partial charge in [-0.2, -0.15) is 0 Å². The molecule has 0 aromatic heterocycles. The Morgan fingerprint density at radius 1 is 1.15 bits per heavy atom. The topological polar surface area (TPSA) is 32.3 Å². The van der Waals surface area contributed by atoms with Crippen molar-refractivity contribution in [2.75, 3.05) is 13.1 Å². The zero-order valence-electron chi connectivity index (χ0n) is 12.6. The molecule has 1 aliphatic heterocycles. The lowest BCUT2D eigenvalue weighted by Crippen LogP contribution is -2.49. The van der Waals surface area contributed by atoms with Crippen molar-refractivity contribution in [2.24, 2.45) is 0 Å². The van der Waals surface area contributed by atoms with E-state index in [0.717, 1.165) is 32.4 Å². The molecule has 1 amide bonds. The van der Waals surface area contributed by atoms with Gasteiger partial charge in [-0.1, -0.05) is 30.3 Å². The Morgan fingerprint density at radius 2 is 1.80 bits per heavy atom. The van der Waals surface area contributed by atoms with Gasteiger partial charge in [0.25, 0.3) is 0 Å². The summed E-state index contributed by atoms with van der Waals surface area (Å²) in [5, 5.41) is 3.43. The lowest BCUT2D eigenvalue weighted by Gasteiger charge is -2.30. The SMILES string of the molecule is CC(Cc1ccccc1)NC(C)C(=O)N1CCCCC1. The Balaban J connectivity index is 1.80. The van der Waals surface area contributed by atoms with Gasteiger partial charge in [-0.3, -0.25) is 4.79 Å². The zero-order valence-corrected chi connectivity index (χ0v) is 12.6. The number of rotatable bonds is 5. The van der Waals surface area contributed by atoms with Crippen molar-refractivity contribution in [3.05, 3.63) is 35.9 Å². The molecule has 0 saturated carbocycles. The first kappa shape index (κ1) is 15.0. The number of piperidine rings is 1. The average Bonchev–Trinajstić information content (AvgIpc) is 2.48. The lowest BCUT2D eigenvalue weighted by molar-refractivity contribution is -0.134. The van der Waals surface area contributed by atoms with Crippen molar-refractivity contribution in [3.8, 4) is 0 Å². The number of carbonyl (C=O) groups is 1. The summed E-state index contributed by atoms with van der Waals surface area (Å²) in [5.74, 6) is 0.254. The molecule has 1 aliphatic rings. The van der Waals surface area contributed by atoms with Gasteiger partial charge in [0.1, 0.15) is 0 Å². The number of likely N-dealkylation sites (tertiary alicyclic amines) is 1. The predicted molar refractivity (Wildman–Crippen MR) is 82.6 cm³/mol. The second-order valence-electron chi connectivity index (χ2n) is 5.87. The normalized spacial score (nSPS) is 18.6. The lowest BCUT2D eigenvalue weighted by atomic mass is 10.1. The second-order valence-corrected chi connectivity index (χ2v) is 5.87. The van der Waals surface area contributed by atoms with E-state index < -0.39 is 0 Å². The molecule has 1 aromatic carbocycles. The molecule has 1 N–H and O–H groups in total. The summed E-state index contributed by atoms with van der Waals surface area (Å²) in [6, 6.07) is 10.6. The zero-order chi connectivity index (χ0) is 14.4. The molecule has 1 fully saturated rings. The molecule has 2 unspecified atom stereocenters. The third-order valence-corrected chi connectivity index (χ3v) is 3.96. The standard InChI is InChI=1S/C17H26N2O/c1-14(13-16-9-5-3-6-10-16)18-15(2)17(20)19-11-7-4-8-12-19/h3,5-6,9-10,14-15,18H,4,7-8,11-13H2,1-2H3. The van der Waals surface area contributed by atoms with Gasteiger partial charge in [-0.05, 0) is 45.1 Å². The minimum Gasteiger partial charge on any atom is -0.341 e. The van der Waals surface area contributed by atoms with Crippen molar-refractivity contribution in [1.82, 2.24) is 10.2 Å². The van der Waals surface area contributed by atoms with E-state index in [1.165, 1.54) is 12.0 Å². The Morgan fingerprint density at radius 3 is 2.45 bits per heavy atom. The van der Waals surface area contributed by atoms with Crippen LogP contribution in [-0.4, -0.2) is 36.0 Å². The van der Waals surface area contributed by atoms with Crippen LogP contribution in [0.4, 0.5) is 0 Å². The minimum absolute atomic E-state index is 0.0909. The van der Waals surface area contributed by atoms with Gasteiger partial charge < -0.3 is 10.2 Å². The average molecular weight is 274 g/mol. The van der Waals surface area contributed by atoms with Gasteiger partial charge in [-0.25, -0.2) is 0 Å². The Hall–Kier alpha value is -1.35. The summed E-state index contributed by atoms with van der Waals surface area (Å²) < 4.78 is 0. The summed E-state index contributed by atoms with van der Waals surface area (Å²) in [5.41, 5.74) is 1.31. The molecule has 0 aliphatic carbocycles. The summed E-state index contributed by atoms with van der Waals surface area (Å²) >= 11 is 0. The summed E-state index contributed by atoms with van der Waals surface area (Å²) in [6.45, 7) is 5.99. The quantitative estimate of drug-likeness (QED) is 0.895. The highest BCUT2D eigenvalue weighted by molar-refractivity contribution is 5.81. The van der Waals surface area contributed by atoms with E-state index in [0.29, 0.717) is 6.04 Å². The van der Waals surface area contributed by atoms with Crippen LogP contribution in [0.25, 0.3) is 0 Å². The van der Waals surface area contributed by atoms with Crippen LogP contribution in [0.3, 0.4) is 0 Å². The third kappa shape index (κ3) is 4.34. The number of hydrogen-bond acceptors (Lipinski definition) is 2. The third-order valence-electron chi connectivity index (χ3n) is 3.96. The first-order valence-corrected chi connectivity index (χ1v) is 7.75. The summed E-state index contributed by atoms with van der Waals surface area (Å²) in [4.78, 5) is 14.4. The van der Waals surface area contributed by atoms with Gasteiger partial charge in [0, 0.05) is 19.1 Å². The van der Waals surface area contributed by atoms with Crippen LogP contribution in [0, 0.1) is 0 Å². The molecule has 0 spiro atoms. The molecule has 2 atom stereocenters. The molecule has 1 heterocycles. The monoisotopic (exact) mass is 274 g/mol. The molecule has 0 radical (unpaired) electrons. The molecule has 0 bridgehead atoms.